The summed E-state index contributed by atoms with van der Waals surface area (Å²) in [5.74, 6) is -0.627. The van der Waals surface area contributed by atoms with Crippen molar-refractivity contribution in [2.75, 3.05) is 26.3 Å². The minimum Gasteiger partial charge on any atom is -0.457 e. The molecule has 98 valence electrons. The van der Waals surface area contributed by atoms with E-state index in [1.54, 1.807) is 11.0 Å². The van der Waals surface area contributed by atoms with Gasteiger partial charge < -0.3 is 18.8 Å². The van der Waals surface area contributed by atoms with Crippen molar-refractivity contribution in [3.8, 4) is 0 Å². The molecule has 2 aliphatic rings. The van der Waals surface area contributed by atoms with Crippen molar-refractivity contribution in [1.29, 1.82) is 0 Å². The maximum Gasteiger partial charge on any atom is 0.258 e. The van der Waals surface area contributed by atoms with Gasteiger partial charge in [0.05, 0.1) is 31.6 Å². The van der Waals surface area contributed by atoms with Crippen LogP contribution in [0, 0.1) is 0 Å². The van der Waals surface area contributed by atoms with Crippen molar-refractivity contribution in [3.63, 3.8) is 0 Å². The lowest BCUT2D eigenvalue weighted by molar-refractivity contribution is -0.183. The number of ether oxygens (including phenoxy) is 2. The van der Waals surface area contributed by atoms with Crippen LogP contribution in [0.2, 0.25) is 0 Å². The van der Waals surface area contributed by atoms with Gasteiger partial charge in [0.15, 0.2) is 10.5 Å². The Balaban J connectivity index is 1.76. The largest absolute Gasteiger partial charge is 0.457 e. The number of amides is 1. The maximum atomic E-state index is 12.3. The molecule has 1 aromatic heterocycles. The van der Waals surface area contributed by atoms with Crippen LogP contribution in [0.15, 0.2) is 21.4 Å². The minimum atomic E-state index is -0.579. The molecular formula is C12H14BrNO4. The molecule has 0 aromatic carbocycles. The summed E-state index contributed by atoms with van der Waals surface area (Å²) in [6, 6.07) is 1.67. The number of halogens is 1. The molecule has 0 atom stereocenters. The van der Waals surface area contributed by atoms with Crippen LogP contribution < -0.4 is 0 Å². The van der Waals surface area contributed by atoms with Crippen LogP contribution in [-0.4, -0.2) is 42.9 Å². The van der Waals surface area contributed by atoms with Gasteiger partial charge in [-0.1, -0.05) is 0 Å². The van der Waals surface area contributed by atoms with E-state index in [1.807, 2.05) is 0 Å². The number of piperidine rings is 1. The van der Waals surface area contributed by atoms with Gasteiger partial charge in [-0.15, -0.1) is 0 Å². The topological polar surface area (TPSA) is 51.9 Å². The fourth-order valence-corrected chi connectivity index (χ4v) is 2.92. The summed E-state index contributed by atoms with van der Waals surface area (Å²) in [7, 11) is 0. The Labute approximate surface area is 113 Å². The number of furan rings is 1. The first-order valence-electron chi connectivity index (χ1n) is 6.00. The zero-order valence-electron chi connectivity index (χ0n) is 9.86. The van der Waals surface area contributed by atoms with Gasteiger partial charge in [0.25, 0.3) is 5.91 Å². The molecule has 1 spiro atoms. The Hall–Kier alpha value is -0.850. The fourth-order valence-electron chi connectivity index (χ4n) is 2.51. The van der Waals surface area contributed by atoms with Crippen LogP contribution in [0.4, 0.5) is 0 Å². The maximum absolute atomic E-state index is 12.3. The van der Waals surface area contributed by atoms with E-state index >= 15 is 0 Å². The smallest absolute Gasteiger partial charge is 0.258 e. The van der Waals surface area contributed by atoms with Gasteiger partial charge in [0.2, 0.25) is 0 Å². The van der Waals surface area contributed by atoms with Crippen LogP contribution >= 0.6 is 15.9 Å². The first kappa shape index (κ1) is 12.2. The highest BCUT2D eigenvalue weighted by Crippen LogP contribution is 2.31. The van der Waals surface area contributed by atoms with E-state index in [1.165, 1.54) is 6.26 Å². The highest BCUT2D eigenvalue weighted by atomic mass is 79.9. The molecule has 0 radical (unpaired) electrons. The quantitative estimate of drug-likeness (QED) is 0.795. The molecule has 6 heteroatoms. The molecule has 18 heavy (non-hydrogen) atoms. The Morgan fingerprint density at radius 1 is 1.39 bits per heavy atom. The third kappa shape index (κ3) is 2.08. The number of rotatable bonds is 1. The number of nitrogens with zero attached hydrogens (tertiary/aromatic N) is 1. The predicted molar refractivity (Wildman–Crippen MR) is 66.2 cm³/mol. The number of likely N-dealkylation sites (tertiary alicyclic amines) is 1. The second kappa shape index (κ2) is 4.68. The summed E-state index contributed by atoms with van der Waals surface area (Å²) < 4.78 is 16.9. The normalized spacial score (nSPS) is 22.6. The summed E-state index contributed by atoms with van der Waals surface area (Å²) in [5.41, 5.74) is 0.546. The molecule has 2 saturated heterocycles. The number of hydrogen-bond donors (Lipinski definition) is 0. The molecule has 2 fully saturated rings. The second-order valence-electron chi connectivity index (χ2n) is 4.55. The first-order chi connectivity index (χ1) is 8.70. The van der Waals surface area contributed by atoms with Crippen molar-refractivity contribution < 1.29 is 18.7 Å². The average molecular weight is 316 g/mol. The van der Waals surface area contributed by atoms with Crippen molar-refractivity contribution >= 4 is 21.8 Å². The molecular weight excluding hydrogens is 302 g/mol. The van der Waals surface area contributed by atoms with E-state index in [2.05, 4.69) is 15.9 Å². The SMILES string of the molecule is O=C(c1ccoc1Br)N1CCCC2(C1)OCCO2. The summed E-state index contributed by atoms with van der Waals surface area (Å²) in [4.78, 5) is 14.1. The molecule has 3 rings (SSSR count). The van der Waals surface area contributed by atoms with Crippen LogP contribution in [-0.2, 0) is 9.47 Å². The van der Waals surface area contributed by atoms with E-state index in [9.17, 15) is 4.79 Å². The lowest BCUT2D eigenvalue weighted by Gasteiger charge is -2.38. The highest BCUT2D eigenvalue weighted by molar-refractivity contribution is 9.10. The summed E-state index contributed by atoms with van der Waals surface area (Å²) >= 11 is 3.23. The Morgan fingerprint density at radius 3 is 2.83 bits per heavy atom. The fraction of sp³-hybridized carbons (Fsp3) is 0.583. The van der Waals surface area contributed by atoms with Crippen LogP contribution in [0.3, 0.4) is 0 Å². The molecule has 1 aromatic rings. The van der Waals surface area contributed by atoms with Crippen LogP contribution in [0.25, 0.3) is 0 Å². The summed E-state index contributed by atoms with van der Waals surface area (Å²) in [6.07, 6.45) is 3.24. The first-order valence-corrected chi connectivity index (χ1v) is 6.80. The average Bonchev–Trinajstić information content (AvgIpc) is 2.98. The van der Waals surface area contributed by atoms with Crippen LogP contribution in [0.1, 0.15) is 23.2 Å². The molecule has 0 aliphatic carbocycles. The molecule has 5 nitrogen and oxygen atoms in total. The van der Waals surface area contributed by atoms with Gasteiger partial charge in [-0.25, -0.2) is 0 Å². The molecule has 0 bridgehead atoms. The van der Waals surface area contributed by atoms with Gasteiger partial charge in [0, 0.05) is 13.0 Å². The van der Waals surface area contributed by atoms with E-state index in [0.717, 1.165) is 19.4 Å². The Kier molecular flexibility index (Phi) is 3.17. The monoisotopic (exact) mass is 315 g/mol. The van der Waals surface area contributed by atoms with E-state index in [4.69, 9.17) is 13.9 Å². The Morgan fingerprint density at radius 2 is 2.17 bits per heavy atom. The van der Waals surface area contributed by atoms with Crippen molar-refractivity contribution in [2.45, 2.75) is 18.6 Å². The van der Waals surface area contributed by atoms with E-state index < -0.39 is 5.79 Å². The molecule has 0 N–H and O–H groups in total. The van der Waals surface area contributed by atoms with E-state index in [-0.39, 0.29) is 5.91 Å². The zero-order chi connectivity index (χ0) is 12.6. The Bertz CT molecular complexity index is 453. The zero-order valence-corrected chi connectivity index (χ0v) is 11.4. The molecule has 3 heterocycles. The van der Waals surface area contributed by atoms with Crippen molar-refractivity contribution in [2.24, 2.45) is 0 Å². The molecule has 0 saturated carbocycles. The van der Waals surface area contributed by atoms with Gasteiger partial charge in [-0.2, -0.15) is 0 Å². The van der Waals surface area contributed by atoms with Gasteiger partial charge in [-0.05, 0) is 28.4 Å². The van der Waals surface area contributed by atoms with Gasteiger partial charge in [0.1, 0.15) is 0 Å². The highest BCUT2D eigenvalue weighted by Gasteiger charge is 2.42. The second-order valence-corrected chi connectivity index (χ2v) is 5.27. The third-order valence-corrected chi connectivity index (χ3v) is 3.98. The summed E-state index contributed by atoms with van der Waals surface area (Å²) in [5, 5.41) is 0. The van der Waals surface area contributed by atoms with E-state index in [0.29, 0.717) is 30.0 Å². The summed E-state index contributed by atoms with van der Waals surface area (Å²) in [6.45, 7) is 2.43. The molecule has 1 amide bonds. The van der Waals surface area contributed by atoms with Crippen LogP contribution in [0.5, 0.6) is 0 Å². The van der Waals surface area contributed by atoms with Crippen molar-refractivity contribution in [3.05, 3.63) is 22.6 Å². The predicted octanol–water partition coefficient (Wildman–Crippen LogP) is 2.02. The molecule has 0 unspecified atom stereocenters. The van der Waals surface area contributed by atoms with Gasteiger partial charge in [-0.3, -0.25) is 4.79 Å². The van der Waals surface area contributed by atoms with Crippen molar-refractivity contribution in [1.82, 2.24) is 4.90 Å². The van der Waals surface area contributed by atoms with Gasteiger partial charge >= 0.3 is 0 Å². The minimum absolute atomic E-state index is 0.0474. The lowest BCUT2D eigenvalue weighted by Crippen LogP contribution is -2.51. The standard InChI is InChI=1S/C12H14BrNO4/c13-10-9(2-5-16-10)11(15)14-4-1-3-12(8-14)17-6-7-18-12/h2,5H,1,3-4,6-8H2. The number of carbonyl (C=O) groups is 1. The third-order valence-electron chi connectivity index (χ3n) is 3.37. The lowest BCUT2D eigenvalue weighted by atomic mass is 10.0. The number of carbonyl (C=O) groups excluding carboxylic acids is 1. The molecule has 2 aliphatic heterocycles. The number of hydrogen-bond acceptors (Lipinski definition) is 4.